The van der Waals surface area contributed by atoms with Gasteiger partial charge in [-0.25, -0.2) is 0 Å². The first-order chi connectivity index (χ1) is 3.64. The Bertz CT molecular complexity index is 60.5. The summed E-state index contributed by atoms with van der Waals surface area (Å²) in [5.41, 5.74) is 3.31. The minimum Gasteiger partial charge on any atom is -0.0864 e. The van der Waals surface area contributed by atoms with Gasteiger partial charge >= 0.3 is 0 Å². The average molecular weight is 106 g/mol. The molecule has 0 aromatic carbocycles. The summed E-state index contributed by atoms with van der Waals surface area (Å²) < 4.78 is 0. The molecule has 0 spiro atoms. The predicted molar refractivity (Wildman–Crippen MR) is 41.1 cm³/mol. The SMILES string of the molecule is CB1[C](C)B(C)[C]1C. The van der Waals surface area contributed by atoms with E-state index in [1.807, 2.05) is 0 Å². The molecule has 0 atom stereocenters. The second-order valence-electron chi connectivity index (χ2n) is 2.93. The van der Waals surface area contributed by atoms with Crippen LogP contribution in [0.1, 0.15) is 13.8 Å². The Morgan fingerprint density at radius 2 is 1.12 bits per heavy atom. The largest absolute Gasteiger partial charge is 0.132 e. The molecule has 0 aromatic heterocycles. The van der Waals surface area contributed by atoms with Crippen LogP contribution in [0, 0.1) is 11.4 Å². The Labute approximate surface area is 53.2 Å². The first kappa shape index (κ1) is 6.25. The Morgan fingerprint density at radius 1 is 0.875 bits per heavy atom. The fourth-order valence-corrected chi connectivity index (χ4v) is 1.37. The summed E-state index contributed by atoms with van der Waals surface area (Å²) >= 11 is 0. The molecular formula is C6H12B2. The Kier molecular flexibility index (Phi) is 1.42. The van der Waals surface area contributed by atoms with Crippen LogP contribution in [0.25, 0.3) is 0 Å². The van der Waals surface area contributed by atoms with Gasteiger partial charge in [-0.3, -0.25) is 0 Å². The second kappa shape index (κ2) is 1.82. The van der Waals surface area contributed by atoms with E-state index in [1.165, 1.54) is 0 Å². The lowest BCUT2D eigenvalue weighted by molar-refractivity contribution is 1.32. The van der Waals surface area contributed by atoms with Gasteiger partial charge in [0.05, 0.1) is 0 Å². The molecule has 0 aliphatic carbocycles. The number of rotatable bonds is 0. The van der Waals surface area contributed by atoms with E-state index < -0.39 is 0 Å². The molecule has 0 aromatic rings. The fourth-order valence-electron chi connectivity index (χ4n) is 1.37. The van der Waals surface area contributed by atoms with Crippen molar-refractivity contribution in [2.75, 3.05) is 0 Å². The molecule has 1 heterocycles. The summed E-state index contributed by atoms with van der Waals surface area (Å²) in [5.74, 6) is 0. The second-order valence-corrected chi connectivity index (χ2v) is 2.93. The minimum atomic E-state index is 0.810. The van der Waals surface area contributed by atoms with Gasteiger partial charge in [-0.15, -0.1) is 0 Å². The highest BCUT2D eigenvalue weighted by molar-refractivity contribution is 7.09. The lowest BCUT2D eigenvalue weighted by Gasteiger charge is -2.41. The van der Waals surface area contributed by atoms with Crippen LogP contribution < -0.4 is 0 Å². The fraction of sp³-hybridized carbons (Fsp3) is 0.667. The van der Waals surface area contributed by atoms with Crippen LogP contribution in [-0.2, 0) is 0 Å². The third kappa shape index (κ3) is 0.620. The molecule has 0 bridgehead atoms. The molecule has 8 heavy (non-hydrogen) atoms. The predicted octanol–water partition coefficient (Wildman–Crippen LogP) is 1.59. The van der Waals surface area contributed by atoms with Gasteiger partial charge in [-0.1, -0.05) is 38.9 Å². The summed E-state index contributed by atoms with van der Waals surface area (Å²) in [5, 5.41) is 0. The van der Waals surface area contributed by atoms with Gasteiger partial charge in [0.1, 0.15) is 13.4 Å². The monoisotopic (exact) mass is 106 g/mol. The Balaban J connectivity index is 2.42. The lowest BCUT2D eigenvalue weighted by Crippen LogP contribution is -2.53. The third-order valence-electron chi connectivity index (χ3n) is 2.73. The van der Waals surface area contributed by atoms with Crippen LogP contribution in [0.15, 0.2) is 0 Å². The van der Waals surface area contributed by atoms with Crippen LogP contribution in [0.5, 0.6) is 0 Å². The molecule has 1 rings (SSSR count). The molecule has 0 saturated carbocycles. The highest BCUT2D eigenvalue weighted by atomic mass is 14.0. The van der Waals surface area contributed by atoms with E-state index in [9.17, 15) is 0 Å². The lowest BCUT2D eigenvalue weighted by atomic mass is 8.99. The van der Waals surface area contributed by atoms with Crippen LogP contribution in [0.2, 0.25) is 13.6 Å². The summed E-state index contributed by atoms with van der Waals surface area (Å²) in [6.45, 7) is 10.7. The van der Waals surface area contributed by atoms with Crippen molar-refractivity contribution in [3.63, 3.8) is 0 Å². The topological polar surface area (TPSA) is 0 Å². The van der Waals surface area contributed by atoms with Crippen molar-refractivity contribution >= 4 is 13.4 Å². The van der Waals surface area contributed by atoms with Gasteiger partial charge in [0.2, 0.25) is 0 Å². The zero-order valence-electron chi connectivity index (χ0n) is 6.15. The van der Waals surface area contributed by atoms with E-state index in [4.69, 9.17) is 0 Å². The summed E-state index contributed by atoms with van der Waals surface area (Å²) in [6.07, 6.45) is 0. The van der Waals surface area contributed by atoms with Gasteiger partial charge in [0.15, 0.2) is 0 Å². The van der Waals surface area contributed by atoms with Crippen molar-refractivity contribution in [1.82, 2.24) is 0 Å². The molecule has 0 N–H and O–H groups in total. The molecule has 2 heteroatoms. The number of hydrogen-bond acceptors (Lipinski definition) is 0. The normalized spacial score (nSPS) is 24.0. The Morgan fingerprint density at radius 3 is 1.25 bits per heavy atom. The third-order valence-corrected chi connectivity index (χ3v) is 2.73. The van der Waals surface area contributed by atoms with Crippen molar-refractivity contribution in [1.29, 1.82) is 0 Å². The van der Waals surface area contributed by atoms with E-state index in [0.29, 0.717) is 0 Å². The first-order valence-corrected chi connectivity index (χ1v) is 3.31. The molecule has 2 radical (unpaired) electrons. The highest BCUT2D eigenvalue weighted by Crippen LogP contribution is 2.33. The summed E-state index contributed by atoms with van der Waals surface area (Å²) in [7, 11) is 0. The van der Waals surface area contributed by atoms with E-state index in [-0.39, 0.29) is 0 Å². The maximum absolute atomic E-state index is 2.28. The quantitative estimate of drug-likeness (QED) is 0.411. The molecule has 1 aliphatic heterocycles. The average Bonchev–Trinajstić information content (AvgIpc) is 1.83. The Hall–Kier alpha value is 0.130. The zero-order chi connectivity index (χ0) is 6.31. The maximum Gasteiger partial charge on any atom is 0.132 e. The van der Waals surface area contributed by atoms with Gasteiger partial charge in [-0.05, 0) is 0 Å². The minimum absolute atomic E-state index is 0.810. The molecule has 1 fully saturated rings. The van der Waals surface area contributed by atoms with Crippen molar-refractivity contribution in [2.45, 2.75) is 27.5 Å². The smallest absolute Gasteiger partial charge is 0.0864 e. The van der Waals surface area contributed by atoms with Crippen molar-refractivity contribution < 1.29 is 0 Å². The molecule has 42 valence electrons. The van der Waals surface area contributed by atoms with Crippen molar-refractivity contribution in [3.05, 3.63) is 11.4 Å². The van der Waals surface area contributed by atoms with Crippen LogP contribution in [-0.4, -0.2) is 13.4 Å². The molecule has 0 unspecified atom stereocenters. The standard InChI is InChI=1S/C6H12B2/c1-5-7(3)6(2)8(5)4/h1-4H3. The maximum atomic E-state index is 2.28. The number of hydrogen-bond donors (Lipinski definition) is 0. The first-order valence-electron chi connectivity index (χ1n) is 3.31. The molecule has 0 nitrogen and oxygen atoms in total. The molecule has 1 saturated heterocycles. The molecular weight excluding hydrogens is 93.7 g/mol. The van der Waals surface area contributed by atoms with Gasteiger partial charge in [-0.2, -0.15) is 0 Å². The van der Waals surface area contributed by atoms with Gasteiger partial charge < -0.3 is 0 Å². The van der Waals surface area contributed by atoms with Crippen molar-refractivity contribution in [2.24, 2.45) is 0 Å². The summed E-state index contributed by atoms with van der Waals surface area (Å²) in [6, 6.07) is 0. The van der Waals surface area contributed by atoms with Crippen LogP contribution >= 0.6 is 0 Å². The highest BCUT2D eigenvalue weighted by Gasteiger charge is 2.43. The van der Waals surface area contributed by atoms with Crippen LogP contribution in [0.4, 0.5) is 0 Å². The molecule has 1 aliphatic rings. The molecule has 0 amide bonds. The van der Waals surface area contributed by atoms with E-state index in [1.54, 1.807) is 11.4 Å². The van der Waals surface area contributed by atoms with Gasteiger partial charge in [0.25, 0.3) is 0 Å². The van der Waals surface area contributed by atoms with E-state index in [0.717, 1.165) is 13.4 Å². The van der Waals surface area contributed by atoms with Crippen LogP contribution in [0.3, 0.4) is 0 Å². The zero-order valence-corrected chi connectivity index (χ0v) is 6.15. The van der Waals surface area contributed by atoms with E-state index in [2.05, 4.69) is 27.5 Å². The summed E-state index contributed by atoms with van der Waals surface area (Å²) in [4.78, 5) is 0. The van der Waals surface area contributed by atoms with E-state index >= 15 is 0 Å². The van der Waals surface area contributed by atoms with Gasteiger partial charge in [0, 0.05) is 0 Å². The van der Waals surface area contributed by atoms with Crippen molar-refractivity contribution in [3.8, 4) is 0 Å².